The van der Waals surface area contributed by atoms with Crippen LogP contribution >= 0.6 is 0 Å². The van der Waals surface area contributed by atoms with Crippen LogP contribution < -0.4 is 0 Å². The molecule has 0 heterocycles. The van der Waals surface area contributed by atoms with Crippen molar-refractivity contribution in [2.75, 3.05) is 13.1 Å². The van der Waals surface area contributed by atoms with Gasteiger partial charge in [0.05, 0.1) is 11.4 Å². The Labute approximate surface area is 154 Å². The van der Waals surface area contributed by atoms with E-state index in [1.165, 1.54) is 0 Å². The topological polar surface area (TPSA) is 54.5 Å². The summed E-state index contributed by atoms with van der Waals surface area (Å²) in [6.45, 7) is 4.68. The molecule has 26 heavy (non-hydrogen) atoms. The molecule has 1 aromatic carbocycles. The number of hydrogen-bond acceptors (Lipinski definition) is 3. The number of sulfone groups is 1. The summed E-state index contributed by atoms with van der Waals surface area (Å²) in [4.78, 5) is 14.4. The quantitative estimate of drug-likeness (QED) is 0.713. The van der Waals surface area contributed by atoms with Crippen molar-refractivity contribution in [2.24, 2.45) is 0 Å². The third kappa shape index (κ3) is 3.77. The first-order chi connectivity index (χ1) is 12.2. The van der Waals surface area contributed by atoms with Gasteiger partial charge < -0.3 is 4.90 Å². The summed E-state index contributed by atoms with van der Waals surface area (Å²) in [7, 11) is -3.99. The molecule has 7 heteroatoms. The lowest BCUT2D eigenvalue weighted by atomic mass is 10.1. The van der Waals surface area contributed by atoms with Gasteiger partial charge in [0, 0.05) is 6.54 Å². The molecule has 1 saturated carbocycles. The van der Waals surface area contributed by atoms with E-state index in [1.807, 2.05) is 6.07 Å². The second-order valence-corrected chi connectivity index (χ2v) is 9.34. The maximum absolute atomic E-state index is 13.5. The zero-order chi connectivity index (χ0) is 19.5. The number of amides is 1. The summed E-state index contributed by atoms with van der Waals surface area (Å²) in [6, 6.07) is 5.12. The van der Waals surface area contributed by atoms with Crippen LogP contribution in [-0.4, -0.2) is 43.5 Å². The first-order valence-electron chi connectivity index (χ1n) is 9.05. The third-order valence-corrected chi connectivity index (χ3v) is 7.72. The monoisotopic (exact) mass is 387 g/mol. The van der Waals surface area contributed by atoms with E-state index >= 15 is 0 Å². The SMILES string of the molecule is CCCN(CC(F)F)C(=O)C1(S(=O)(=O)c2cc(C)ccc2C)CCCC1. The molecule has 2 rings (SSSR count). The number of carbonyl (C=O) groups is 1. The van der Waals surface area contributed by atoms with E-state index in [1.54, 1.807) is 32.9 Å². The summed E-state index contributed by atoms with van der Waals surface area (Å²) in [6.07, 6.45) is -0.615. The molecule has 4 nitrogen and oxygen atoms in total. The Bertz CT molecular complexity index is 756. The van der Waals surface area contributed by atoms with Crippen molar-refractivity contribution in [3.05, 3.63) is 29.3 Å². The molecule has 0 N–H and O–H groups in total. The van der Waals surface area contributed by atoms with Crippen molar-refractivity contribution in [3.8, 4) is 0 Å². The molecule has 146 valence electrons. The maximum Gasteiger partial charge on any atom is 0.255 e. The highest BCUT2D eigenvalue weighted by Gasteiger charge is 2.54. The van der Waals surface area contributed by atoms with Crippen molar-refractivity contribution in [1.82, 2.24) is 4.90 Å². The molecule has 1 aromatic rings. The van der Waals surface area contributed by atoms with Gasteiger partial charge in [-0.25, -0.2) is 17.2 Å². The Morgan fingerprint density at radius 1 is 1.23 bits per heavy atom. The Balaban J connectivity index is 2.55. The minimum atomic E-state index is -3.99. The summed E-state index contributed by atoms with van der Waals surface area (Å²) in [5.41, 5.74) is 1.36. The first kappa shape index (κ1) is 20.8. The van der Waals surface area contributed by atoms with Crippen LogP contribution in [0.25, 0.3) is 0 Å². The normalized spacial score (nSPS) is 16.8. The van der Waals surface area contributed by atoms with Gasteiger partial charge >= 0.3 is 0 Å². The molecule has 0 bridgehead atoms. The van der Waals surface area contributed by atoms with Gasteiger partial charge in [-0.05, 0) is 50.3 Å². The van der Waals surface area contributed by atoms with E-state index in [2.05, 4.69) is 0 Å². The van der Waals surface area contributed by atoms with E-state index in [-0.39, 0.29) is 24.3 Å². The highest BCUT2D eigenvalue weighted by Crippen LogP contribution is 2.43. The van der Waals surface area contributed by atoms with E-state index in [9.17, 15) is 22.0 Å². The summed E-state index contributed by atoms with van der Waals surface area (Å²) >= 11 is 0. The van der Waals surface area contributed by atoms with Crippen LogP contribution in [0.2, 0.25) is 0 Å². The van der Waals surface area contributed by atoms with Crippen molar-refractivity contribution in [1.29, 1.82) is 0 Å². The fourth-order valence-corrected chi connectivity index (χ4v) is 6.19. The number of halogens is 2. The van der Waals surface area contributed by atoms with Gasteiger partial charge in [0.25, 0.3) is 6.43 Å². The molecule has 1 aliphatic carbocycles. The van der Waals surface area contributed by atoms with E-state index in [0.717, 1.165) is 10.5 Å². The smallest absolute Gasteiger partial charge is 0.255 e. The standard InChI is InChI=1S/C19H27F2NO3S/c1-4-11-22(13-17(20)21)18(23)19(9-5-6-10-19)26(24,25)16-12-14(2)7-8-15(16)3/h7-8,12,17H,4-6,9-11,13H2,1-3H3. The van der Waals surface area contributed by atoms with E-state index in [0.29, 0.717) is 24.8 Å². The third-order valence-electron chi connectivity index (χ3n) is 5.09. The lowest BCUT2D eigenvalue weighted by Gasteiger charge is -2.34. The predicted molar refractivity (Wildman–Crippen MR) is 97.2 cm³/mol. The van der Waals surface area contributed by atoms with Crippen LogP contribution in [0, 0.1) is 13.8 Å². The summed E-state index contributed by atoms with van der Waals surface area (Å²) in [5, 5.41) is 0. The lowest BCUT2D eigenvalue weighted by Crippen LogP contribution is -2.53. The van der Waals surface area contributed by atoms with Crippen LogP contribution in [0.4, 0.5) is 8.78 Å². The number of nitrogens with zero attached hydrogens (tertiary/aromatic N) is 1. The minimum absolute atomic E-state index is 0.132. The van der Waals surface area contributed by atoms with Gasteiger partial charge in [-0.3, -0.25) is 4.79 Å². The Morgan fingerprint density at radius 3 is 2.38 bits per heavy atom. The average Bonchev–Trinajstić information content (AvgIpc) is 3.07. The summed E-state index contributed by atoms with van der Waals surface area (Å²) in [5.74, 6) is -0.668. The zero-order valence-electron chi connectivity index (χ0n) is 15.6. The molecular weight excluding hydrogens is 360 g/mol. The zero-order valence-corrected chi connectivity index (χ0v) is 16.4. The highest BCUT2D eigenvalue weighted by atomic mass is 32.2. The van der Waals surface area contributed by atoms with Gasteiger partial charge in [0.2, 0.25) is 5.91 Å². The highest BCUT2D eigenvalue weighted by molar-refractivity contribution is 7.93. The van der Waals surface area contributed by atoms with Crippen LogP contribution in [-0.2, 0) is 14.6 Å². The predicted octanol–water partition coefficient (Wildman–Crippen LogP) is 3.89. The van der Waals surface area contributed by atoms with Gasteiger partial charge in [0.15, 0.2) is 14.6 Å². The van der Waals surface area contributed by atoms with Gasteiger partial charge in [-0.2, -0.15) is 0 Å². The molecular formula is C19H27F2NO3S. The van der Waals surface area contributed by atoms with E-state index < -0.39 is 33.5 Å². The fraction of sp³-hybridized carbons (Fsp3) is 0.632. The van der Waals surface area contributed by atoms with Crippen molar-refractivity contribution in [3.63, 3.8) is 0 Å². The largest absolute Gasteiger partial charge is 0.336 e. The second kappa shape index (κ2) is 8.03. The van der Waals surface area contributed by atoms with Gasteiger partial charge in [-0.1, -0.05) is 31.9 Å². The number of benzene rings is 1. The van der Waals surface area contributed by atoms with E-state index in [4.69, 9.17) is 0 Å². The van der Waals surface area contributed by atoms with Gasteiger partial charge in [0.1, 0.15) is 0 Å². The summed E-state index contributed by atoms with van der Waals surface area (Å²) < 4.78 is 51.4. The molecule has 1 fully saturated rings. The van der Waals surface area contributed by atoms with Gasteiger partial charge in [-0.15, -0.1) is 0 Å². The molecule has 0 spiro atoms. The van der Waals surface area contributed by atoms with Crippen molar-refractivity contribution in [2.45, 2.75) is 68.9 Å². The number of alkyl halides is 2. The average molecular weight is 387 g/mol. The molecule has 0 aromatic heterocycles. The Morgan fingerprint density at radius 2 is 1.85 bits per heavy atom. The minimum Gasteiger partial charge on any atom is -0.336 e. The molecule has 0 unspecified atom stereocenters. The Kier molecular flexibility index (Phi) is 6.42. The number of aryl methyl sites for hydroxylation is 2. The molecule has 1 amide bonds. The fourth-order valence-electron chi connectivity index (χ4n) is 3.75. The van der Waals surface area contributed by atoms with Crippen LogP contribution in [0.1, 0.15) is 50.2 Å². The number of hydrogen-bond donors (Lipinski definition) is 0. The van der Waals surface area contributed by atoms with Crippen LogP contribution in [0.3, 0.4) is 0 Å². The number of carbonyl (C=O) groups excluding carboxylic acids is 1. The molecule has 1 aliphatic rings. The molecule has 0 radical (unpaired) electrons. The lowest BCUT2D eigenvalue weighted by molar-refractivity contribution is -0.135. The second-order valence-electron chi connectivity index (χ2n) is 7.12. The van der Waals surface area contributed by atoms with Crippen LogP contribution in [0.15, 0.2) is 23.1 Å². The van der Waals surface area contributed by atoms with Crippen molar-refractivity contribution >= 4 is 15.7 Å². The molecule has 0 aliphatic heterocycles. The molecule has 0 saturated heterocycles. The number of rotatable bonds is 7. The molecule has 0 atom stereocenters. The maximum atomic E-state index is 13.5. The van der Waals surface area contributed by atoms with Crippen molar-refractivity contribution < 1.29 is 22.0 Å². The Hall–Kier alpha value is -1.50. The first-order valence-corrected chi connectivity index (χ1v) is 10.5. The van der Waals surface area contributed by atoms with Crippen LogP contribution in [0.5, 0.6) is 0 Å².